The van der Waals surface area contributed by atoms with Gasteiger partial charge in [-0.1, -0.05) is 35.9 Å². The highest BCUT2D eigenvalue weighted by molar-refractivity contribution is 6.30. The molecule has 7 nitrogen and oxygen atoms in total. The molecule has 2 aromatic carbocycles. The number of hydrogen-bond donors (Lipinski definition) is 2. The van der Waals surface area contributed by atoms with Gasteiger partial charge in [-0.15, -0.1) is 0 Å². The molecule has 0 aliphatic carbocycles. The Morgan fingerprint density at radius 2 is 1.88 bits per heavy atom. The molecule has 1 heterocycles. The molecule has 0 spiro atoms. The van der Waals surface area contributed by atoms with Crippen LogP contribution in [-0.4, -0.2) is 28.7 Å². The summed E-state index contributed by atoms with van der Waals surface area (Å²) in [6.07, 6.45) is -0.165. The van der Waals surface area contributed by atoms with E-state index in [1.807, 2.05) is 0 Å². The van der Waals surface area contributed by atoms with Crippen molar-refractivity contribution >= 4 is 39.9 Å². The normalized spacial score (nSPS) is 10.5. The quantitative estimate of drug-likeness (QED) is 0.670. The zero-order valence-corrected chi connectivity index (χ0v) is 14.2. The molecule has 0 saturated carbocycles. The Morgan fingerprint density at radius 1 is 1.12 bits per heavy atom. The van der Waals surface area contributed by atoms with Gasteiger partial charge in [-0.3, -0.25) is 14.4 Å². The highest BCUT2D eigenvalue weighted by atomic mass is 35.5. The number of aromatic amines is 1. The molecular formula is C18H14ClN3O4. The smallest absolute Gasteiger partial charge is 0.312 e. The number of carbonyl (C=O) groups excluding carboxylic acids is 2. The van der Waals surface area contributed by atoms with E-state index < -0.39 is 18.5 Å². The lowest BCUT2D eigenvalue weighted by Crippen LogP contribution is -2.22. The first-order valence-electron chi connectivity index (χ1n) is 7.70. The zero-order valence-electron chi connectivity index (χ0n) is 13.5. The number of nitrogens with one attached hydrogen (secondary N) is 2. The number of halogens is 1. The summed E-state index contributed by atoms with van der Waals surface area (Å²) in [6, 6.07) is 13.4. The molecule has 1 amide bonds. The molecule has 0 atom stereocenters. The molecule has 26 heavy (non-hydrogen) atoms. The van der Waals surface area contributed by atoms with Crippen molar-refractivity contribution in [3.63, 3.8) is 0 Å². The third-order valence-corrected chi connectivity index (χ3v) is 3.79. The van der Waals surface area contributed by atoms with Crippen LogP contribution in [0.15, 0.2) is 53.3 Å². The number of ether oxygens (including phenoxy) is 1. The standard InChI is InChI=1S/C18H14ClN3O4/c19-11-4-3-5-12(8-11)20-16(23)10-26-17(24)9-15-13-6-1-2-7-14(13)18(25)22-21-15/h1-8H,9-10H2,(H,20,23)(H,22,25). The molecule has 132 valence electrons. The number of amides is 1. The number of benzene rings is 2. The fourth-order valence-corrected chi connectivity index (χ4v) is 2.59. The van der Waals surface area contributed by atoms with Crippen molar-refractivity contribution in [1.29, 1.82) is 0 Å². The van der Waals surface area contributed by atoms with Crippen LogP contribution in [-0.2, 0) is 20.7 Å². The Kier molecular flexibility index (Phi) is 5.28. The van der Waals surface area contributed by atoms with Crippen molar-refractivity contribution < 1.29 is 14.3 Å². The van der Waals surface area contributed by atoms with Crippen molar-refractivity contribution in [2.75, 3.05) is 11.9 Å². The van der Waals surface area contributed by atoms with Crippen molar-refractivity contribution in [3.05, 3.63) is 69.6 Å². The van der Waals surface area contributed by atoms with Gasteiger partial charge in [0, 0.05) is 16.1 Å². The fraction of sp³-hybridized carbons (Fsp3) is 0.111. The second kappa shape index (κ2) is 7.79. The molecule has 0 saturated heterocycles. The van der Waals surface area contributed by atoms with Crippen molar-refractivity contribution in [2.24, 2.45) is 0 Å². The highest BCUT2D eigenvalue weighted by Gasteiger charge is 2.13. The van der Waals surface area contributed by atoms with Crippen LogP contribution in [0.1, 0.15) is 5.69 Å². The maximum absolute atomic E-state index is 12.0. The predicted molar refractivity (Wildman–Crippen MR) is 97.1 cm³/mol. The minimum Gasteiger partial charge on any atom is -0.455 e. The van der Waals surface area contributed by atoms with Gasteiger partial charge >= 0.3 is 5.97 Å². The molecule has 8 heteroatoms. The molecule has 3 rings (SSSR count). The maximum Gasteiger partial charge on any atom is 0.312 e. The highest BCUT2D eigenvalue weighted by Crippen LogP contribution is 2.15. The van der Waals surface area contributed by atoms with Gasteiger partial charge in [0.15, 0.2) is 6.61 Å². The summed E-state index contributed by atoms with van der Waals surface area (Å²) >= 11 is 5.84. The molecule has 1 aromatic heterocycles. The molecule has 0 radical (unpaired) electrons. The number of aromatic nitrogens is 2. The Morgan fingerprint density at radius 3 is 2.65 bits per heavy atom. The van der Waals surface area contributed by atoms with Crippen LogP contribution in [0.4, 0.5) is 5.69 Å². The second-order valence-corrected chi connectivity index (χ2v) is 5.88. The Bertz CT molecular complexity index is 1030. The van der Waals surface area contributed by atoms with Gasteiger partial charge in [0.1, 0.15) is 0 Å². The topological polar surface area (TPSA) is 101 Å². The third kappa shape index (κ3) is 4.25. The lowest BCUT2D eigenvalue weighted by molar-refractivity contribution is -0.146. The Balaban J connectivity index is 1.60. The van der Waals surface area contributed by atoms with E-state index in [-0.39, 0.29) is 12.0 Å². The van der Waals surface area contributed by atoms with Crippen LogP contribution in [0.25, 0.3) is 10.8 Å². The van der Waals surface area contributed by atoms with E-state index in [0.29, 0.717) is 27.2 Å². The summed E-state index contributed by atoms with van der Waals surface area (Å²) in [7, 11) is 0. The molecular weight excluding hydrogens is 358 g/mol. The molecule has 0 unspecified atom stereocenters. The average molecular weight is 372 g/mol. The van der Waals surface area contributed by atoms with Gasteiger partial charge in [0.05, 0.1) is 17.5 Å². The monoisotopic (exact) mass is 371 g/mol. The summed E-state index contributed by atoms with van der Waals surface area (Å²) in [4.78, 5) is 35.6. The molecule has 0 bridgehead atoms. The summed E-state index contributed by atoms with van der Waals surface area (Å²) in [5.41, 5.74) is 0.547. The first-order valence-corrected chi connectivity index (χ1v) is 8.08. The molecule has 0 aliphatic rings. The van der Waals surface area contributed by atoms with E-state index in [2.05, 4.69) is 15.5 Å². The van der Waals surface area contributed by atoms with E-state index in [4.69, 9.17) is 16.3 Å². The van der Waals surface area contributed by atoms with Crippen molar-refractivity contribution in [1.82, 2.24) is 10.2 Å². The number of fused-ring (bicyclic) bond motifs is 1. The third-order valence-electron chi connectivity index (χ3n) is 3.56. The number of carbonyl (C=O) groups is 2. The van der Waals surface area contributed by atoms with E-state index in [0.717, 1.165) is 0 Å². The Labute approximate surface area is 152 Å². The fourth-order valence-electron chi connectivity index (χ4n) is 2.40. The minimum absolute atomic E-state index is 0.165. The van der Waals surface area contributed by atoms with Crippen LogP contribution in [0, 0.1) is 0 Å². The maximum atomic E-state index is 12.0. The first kappa shape index (κ1) is 17.6. The van der Waals surface area contributed by atoms with Crippen LogP contribution in [0.5, 0.6) is 0 Å². The summed E-state index contributed by atoms with van der Waals surface area (Å²) < 4.78 is 4.97. The van der Waals surface area contributed by atoms with Gasteiger partial charge in [0.25, 0.3) is 11.5 Å². The van der Waals surface area contributed by atoms with Gasteiger partial charge < -0.3 is 10.1 Å². The van der Waals surface area contributed by atoms with Crippen LogP contribution in [0.3, 0.4) is 0 Å². The van der Waals surface area contributed by atoms with Gasteiger partial charge in [-0.25, -0.2) is 5.10 Å². The van der Waals surface area contributed by atoms with Gasteiger partial charge in [0.2, 0.25) is 0 Å². The second-order valence-electron chi connectivity index (χ2n) is 5.44. The van der Waals surface area contributed by atoms with E-state index in [9.17, 15) is 14.4 Å². The Hall–Kier alpha value is -3.19. The zero-order chi connectivity index (χ0) is 18.5. The van der Waals surface area contributed by atoms with Crippen LogP contribution >= 0.6 is 11.6 Å². The summed E-state index contributed by atoms with van der Waals surface area (Å²) in [5, 5.41) is 10.3. The lowest BCUT2D eigenvalue weighted by atomic mass is 10.1. The van der Waals surface area contributed by atoms with Crippen molar-refractivity contribution in [2.45, 2.75) is 6.42 Å². The van der Waals surface area contributed by atoms with Crippen LogP contribution in [0.2, 0.25) is 5.02 Å². The number of rotatable bonds is 5. The van der Waals surface area contributed by atoms with Crippen LogP contribution < -0.4 is 10.9 Å². The van der Waals surface area contributed by atoms with E-state index in [1.54, 1.807) is 48.5 Å². The number of hydrogen-bond acceptors (Lipinski definition) is 5. The lowest BCUT2D eigenvalue weighted by Gasteiger charge is -2.07. The molecule has 0 fully saturated rings. The first-order chi connectivity index (χ1) is 12.5. The minimum atomic E-state index is -0.629. The number of nitrogens with zero attached hydrogens (tertiary/aromatic N) is 1. The SMILES string of the molecule is O=C(COC(=O)Cc1n[nH]c(=O)c2ccccc12)Nc1cccc(Cl)c1. The largest absolute Gasteiger partial charge is 0.455 e. The van der Waals surface area contributed by atoms with E-state index in [1.165, 1.54) is 0 Å². The predicted octanol–water partition coefficient (Wildman–Crippen LogP) is 2.30. The van der Waals surface area contributed by atoms with Crippen molar-refractivity contribution in [3.8, 4) is 0 Å². The number of H-pyrrole nitrogens is 1. The summed E-state index contributed by atoms with van der Waals surface area (Å²) in [6.45, 7) is -0.438. The number of esters is 1. The number of anilines is 1. The summed E-state index contributed by atoms with van der Waals surface area (Å²) in [5.74, 6) is -1.11. The average Bonchev–Trinajstić information content (AvgIpc) is 2.63. The van der Waals surface area contributed by atoms with Gasteiger partial charge in [-0.05, 0) is 24.3 Å². The van der Waals surface area contributed by atoms with Gasteiger partial charge in [-0.2, -0.15) is 5.10 Å². The molecule has 3 aromatic rings. The van der Waals surface area contributed by atoms with E-state index >= 15 is 0 Å². The molecule has 2 N–H and O–H groups in total. The molecule has 0 aliphatic heterocycles.